The van der Waals surface area contributed by atoms with E-state index in [-0.39, 0.29) is 10.7 Å². The van der Waals surface area contributed by atoms with Crippen LogP contribution in [0.25, 0.3) is 28.3 Å². The Bertz CT molecular complexity index is 1450. The number of hydrogen-bond acceptors (Lipinski definition) is 6. The Morgan fingerprint density at radius 1 is 0.973 bits per heavy atom. The van der Waals surface area contributed by atoms with Gasteiger partial charge in [-0.1, -0.05) is 40.5 Å². The Morgan fingerprint density at radius 2 is 1.65 bits per heavy atom. The van der Waals surface area contributed by atoms with Crippen molar-refractivity contribution in [2.45, 2.75) is 18.5 Å². The van der Waals surface area contributed by atoms with Gasteiger partial charge in [-0.25, -0.2) is 13.8 Å². The molecule has 0 saturated carbocycles. The summed E-state index contributed by atoms with van der Waals surface area (Å²) in [5.74, 6) is -6.92. The van der Waals surface area contributed by atoms with E-state index < -0.39 is 63.2 Å². The van der Waals surface area contributed by atoms with Crippen LogP contribution in [0, 0.1) is 5.82 Å². The molecule has 0 atom stereocenters. The second-order valence-corrected chi connectivity index (χ2v) is 8.13. The third-order valence-electron chi connectivity index (χ3n) is 4.81. The molecule has 0 spiro atoms. The van der Waals surface area contributed by atoms with Gasteiger partial charge in [-0.2, -0.15) is 18.3 Å². The van der Waals surface area contributed by atoms with Crippen molar-refractivity contribution in [3.63, 3.8) is 0 Å². The highest BCUT2D eigenvalue weighted by Gasteiger charge is 2.50. The second kappa shape index (κ2) is 9.29. The molecule has 4 rings (SSSR count). The van der Waals surface area contributed by atoms with E-state index in [4.69, 9.17) is 27.7 Å². The van der Waals surface area contributed by atoms with Gasteiger partial charge in [0.15, 0.2) is 11.5 Å². The minimum absolute atomic E-state index is 0.0304. The maximum absolute atomic E-state index is 14.6. The molecule has 2 heterocycles. The zero-order valence-electron chi connectivity index (χ0n) is 17.6. The van der Waals surface area contributed by atoms with Crippen LogP contribution >= 0.6 is 23.2 Å². The maximum Gasteiger partial charge on any atom is 0.527 e. The van der Waals surface area contributed by atoms with E-state index in [9.17, 15) is 40.9 Å². The average Bonchev–Trinajstić information content (AvgIpc) is 3.37. The highest BCUT2D eigenvalue weighted by atomic mass is 35.5. The van der Waals surface area contributed by atoms with E-state index in [0.717, 1.165) is 24.3 Å². The SMILES string of the molecule is OC(O)(OC(F)(F)F)c1c(-c2c(F)cccc2Cl)noc1-c1cnn(-c2cccc(Cl)c2)c1C(F)(F)F. The molecule has 0 bridgehead atoms. The lowest BCUT2D eigenvalue weighted by atomic mass is 10.00. The van der Waals surface area contributed by atoms with Crippen LogP contribution in [0.2, 0.25) is 10.0 Å². The predicted octanol–water partition coefficient (Wildman–Crippen LogP) is 6.29. The summed E-state index contributed by atoms with van der Waals surface area (Å²) in [6.07, 6.45) is -10.5. The van der Waals surface area contributed by atoms with E-state index in [0.29, 0.717) is 10.9 Å². The molecule has 0 radical (unpaired) electrons. The predicted molar refractivity (Wildman–Crippen MR) is 113 cm³/mol. The number of benzene rings is 2. The van der Waals surface area contributed by atoms with E-state index in [1.807, 2.05) is 0 Å². The summed E-state index contributed by atoms with van der Waals surface area (Å²) in [6.45, 7) is 0. The van der Waals surface area contributed by atoms with Gasteiger partial charge in [0, 0.05) is 5.02 Å². The minimum atomic E-state index is -5.73. The van der Waals surface area contributed by atoms with E-state index in [2.05, 4.69) is 15.0 Å². The first kappa shape index (κ1) is 26.9. The highest BCUT2D eigenvalue weighted by Crippen LogP contribution is 2.47. The van der Waals surface area contributed by atoms with E-state index in [1.165, 1.54) is 18.2 Å². The summed E-state index contributed by atoms with van der Waals surface area (Å²) in [6, 6.07) is 7.93. The number of aromatic nitrogens is 3. The number of ether oxygens (including phenoxy) is 1. The quantitative estimate of drug-likeness (QED) is 0.216. The van der Waals surface area contributed by atoms with Crippen molar-refractivity contribution in [1.29, 1.82) is 0 Å². The molecule has 4 aromatic rings. The number of hydrogen-bond donors (Lipinski definition) is 2. The molecule has 2 N–H and O–H groups in total. The molecule has 0 saturated heterocycles. The standard InChI is InChI=1S/C21H10Cl2F7N3O4/c22-9-3-1-4-10(7-9)33-18(19(25,26)27)11(8-31-33)17-15(20(34,35)37-21(28,29)30)16(32-36-17)14-12(23)5-2-6-13(14)24/h1-8,34-35H. The number of nitrogens with zero attached hydrogens (tertiary/aromatic N) is 3. The summed E-state index contributed by atoms with van der Waals surface area (Å²) in [4.78, 5) is 0. The first-order valence-corrected chi connectivity index (χ1v) is 10.4. The molecular formula is C21H10Cl2F7N3O4. The van der Waals surface area contributed by atoms with Crippen LogP contribution in [0.4, 0.5) is 30.7 Å². The lowest BCUT2D eigenvalue weighted by Crippen LogP contribution is -2.36. The lowest BCUT2D eigenvalue weighted by Gasteiger charge is -2.23. The van der Waals surface area contributed by atoms with E-state index >= 15 is 0 Å². The first-order chi connectivity index (χ1) is 17.1. The molecule has 2 aromatic heterocycles. The Kier molecular flexibility index (Phi) is 6.75. The van der Waals surface area contributed by atoms with Gasteiger partial charge in [0.2, 0.25) is 0 Å². The number of alkyl halides is 6. The summed E-state index contributed by atoms with van der Waals surface area (Å²) in [7, 11) is 0. The molecule has 0 unspecified atom stereocenters. The summed E-state index contributed by atoms with van der Waals surface area (Å²) in [5, 5.41) is 27.0. The third-order valence-corrected chi connectivity index (χ3v) is 5.36. The molecule has 0 aliphatic rings. The van der Waals surface area contributed by atoms with Gasteiger partial charge in [0.1, 0.15) is 17.1 Å². The molecule has 0 aliphatic carbocycles. The monoisotopic (exact) mass is 571 g/mol. The van der Waals surface area contributed by atoms with Crippen LogP contribution in [0.3, 0.4) is 0 Å². The minimum Gasteiger partial charge on any atom is -0.355 e. The van der Waals surface area contributed by atoms with Gasteiger partial charge in [-0.3, -0.25) is 0 Å². The smallest absolute Gasteiger partial charge is 0.355 e. The van der Waals surface area contributed by atoms with Crippen LogP contribution < -0.4 is 0 Å². The summed E-state index contributed by atoms with van der Waals surface area (Å²) >= 11 is 11.8. The van der Waals surface area contributed by atoms with Crippen LogP contribution in [0.5, 0.6) is 0 Å². The fraction of sp³-hybridized carbons (Fsp3) is 0.143. The average molecular weight is 572 g/mol. The molecule has 0 amide bonds. The third kappa shape index (κ3) is 5.29. The van der Waals surface area contributed by atoms with Crippen molar-refractivity contribution in [2.75, 3.05) is 0 Å². The van der Waals surface area contributed by atoms with E-state index in [1.54, 1.807) is 0 Å². The molecular weight excluding hydrogens is 562 g/mol. The second-order valence-electron chi connectivity index (χ2n) is 7.28. The Balaban J connectivity index is 2.05. The Hall–Kier alpha value is -3.17. The van der Waals surface area contributed by atoms with Gasteiger partial charge in [0.25, 0.3) is 0 Å². The fourth-order valence-electron chi connectivity index (χ4n) is 3.47. The maximum atomic E-state index is 14.6. The van der Waals surface area contributed by atoms with Gasteiger partial charge in [-0.15, -0.1) is 13.2 Å². The molecule has 0 aliphatic heterocycles. The van der Waals surface area contributed by atoms with Crippen LogP contribution in [0.1, 0.15) is 11.3 Å². The van der Waals surface area contributed by atoms with Crippen molar-refractivity contribution in [2.24, 2.45) is 0 Å². The van der Waals surface area contributed by atoms with Gasteiger partial charge < -0.3 is 14.7 Å². The Labute approximate surface area is 211 Å². The van der Waals surface area contributed by atoms with Crippen molar-refractivity contribution >= 4 is 23.2 Å². The topological polar surface area (TPSA) is 93.5 Å². The van der Waals surface area contributed by atoms with Gasteiger partial charge >= 0.3 is 18.5 Å². The van der Waals surface area contributed by atoms with Gasteiger partial charge in [-0.05, 0) is 30.3 Å². The fourth-order valence-corrected chi connectivity index (χ4v) is 3.91. The zero-order chi connectivity index (χ0) is 27.3. The largest absolute Gasteiger partial charge is 0.527 e. The lowest BCUT2D eigenvalue weighted by molar-refractivity contribution is -0.476. The van der Waals surface area contributed by atoms with Crippen molar-refractivity contribution in [1.82, 2.24) is 14.9 Å². The van der Waals surface area contributed by atoms with Crippen LogP contribution in [0.15, 0.2) is 53.2 Å². The zero-order valence-corrected chi connectivity index (χ0v) is 19.1. The highest BCUT2D eigenvalue weighted by molar-refractivity contribution is 6.33. The number of halogens is 9. The molecule has 7 nitrogen and oxygen atoms in total. The van der Waals surface area contributed by atoms with Crippen LogP contribution in [-0.2, 0) is 16.9 Å². The summed E-state index contributed by atoms with van der Waals surface area (Å²) < 4.78 is 105. The number of aliphatic hydroxyl groups is 2. The van der Waals surface area contributed by atoms with Crippen molar-refractivity contribution in [3.8, 4) is 28.3 Å². The molecule has 196 valence electrons. The summed E-state index contributed by atoms with van der Waals surface area (Å²) in [5.41, 5.74) is -6.32. The van der Waals surface area contributed by atoms with Gasteiger partial charge in [0.05, 0.1) is 28.0 Å². The normalized spacial score (nSPS) is 12.8. The molecule has 16 heteroatoms. The van der Waals surface area contributed by atoms with Crippen molar-refractivity contribution < 1.29 is 50.2 Å². The van der Waals surface area contributed by atoms with Crippen molar-refractivity contribution in [3.05, 3.63) is 75.8 Å². The first-order valence-electron chi connectivity index (χ1n) is 9.68. The molecule has 37 heavy (non-hydrogen) atoms. The Morgan fingerprint density at radius 3 is 2.24 bits per heavy atom. The number of rotatable bonds is 5. The van der Waals surface area contributed by atoms with Crippen LogP contribution in [-0.4, -0.2) is 31.5 Å². The molecule has 2 aromatic carbocycles. The molecule has 0 fully saturated rings.